The molecule has 0 fully saturated rings. The maximum absolute atomic E-state index is 12.9. The van der Waals surface area contributed by atoms with Gasteiger partial charge >= 0.3 is 6.18 Å². The molecule has 3 aromatic heterocycles. The highest BCUT2D eigenvalue weighted by Crippen LogP contribution is 2.31. The second kappa shape index (κ2) is 6.08. The molecule has 3 heterocycles. The highest BCUT2D eigenvalue weighted by atomic mass is 19.4. The third-order valence-corrected chi connectivity index (χ3v) is 3.62. The Labute approximate surface area is 139 Å². The average Bonchev–Trinajstić information content (AvgIpc) is 3.01. The van der Waals surface area contributed by atoms with Gasteiger partial charge < -0.3 is 9.94 Å². The van der Waals surface area contributed by atoms with Crippen molar-refractivity contribution in [2.24, 2.45) is 0 Å². The van der Waals surface area contributed by atoms with Gasteiger partial charge in [0.05, 0.1) is 12.6 Å². The van der Waals surface area contributed by atoms with Crippen molar-refractivity contribution >= 4 is 11.3 Å². The fourth-order valence-corrected chi connectivity index (χ4v) is 2.42. The number of halogens is 3. The van der Waals surface area contributed by atoms with E-state index >= 15 is 0 Å². The minimum absolute atomic E-state index is 0.00601. The lowest BCUT2D eigenvalue weighted by molar-refractivity contribution is -0.605. The molecular weight excluding hydrogens is 339 g/mol. The second-order valence-electron chi connectivity index (χ2n) is 5.28. The molecule has 0 bridgehead atoms. The van der Waals surface area contributed by atoms with E-state index in [1.165, 1.54) is 43.8 Å². The van der Waals surface area contributed by atoms with E-state index in [4.69, 9.17) is 4.74 Å². The Morgan fingerprint density at radius 2 is 1.96 bits per heavy atom. The van der Waals surface area contributed by atoms with E-state index in [0.717, 1.165) is 10.6 Å². The molecule has 0 aromatic carbocycles. The fourth-order valence-electron chi connectivity index (χ4n) is 2.42. The molecule has 130 valence electrons. The van der Waals surface area contributed by atoms with Crippen LogP contribution in [-0.2, 0) is 12.6 Å². The standard InChI is InChI=1S/C16H12F3N3O3/c1-25-15-3-2-11(12-9-14(16(17,18)19)20-22(12)15)13(23)8-10-4-6-21(24)7-5-10/h2-7,9H,8H2,1H3. The van der Waals surface area contributed by atoms with E-state index in [-0.39, 0.29) is 23.4 Å². The van der Waals surface area contributed by atoms with Gasteiger partial charge in [-0.2, -0.15) is 27.5 Å². The lowest BCUT2D eigenvalue weighted by Gasteiger charge is -2.07. The van der Waals surface area contributed by atoms with Gasteiger partial charge in [0.15, 0.2) is 23.9 Å². The number of hydrogen-bond donors (Lipinski definition) is 0. The number of rotatable bonds is 4. The van der Waals surface area contributed by atoms with Crippen molar-refractivity contribution in [3.8, 4) is 5.88 Å². The first-order valence-corrected chi connectivity index (χ1v) is 7.14. The van der Waals surface area contributed by atoms with Crippen molar-refractivity contribution in [3.05, 3.63) is 64.8 Å². The van der Waals surface area contributed by atoms with Crippen LogP contribution in [0.2, 0.25) is 0 Å². The number of methoxy groups -OCH3 is 1. The van der Waals surface area contributed by atoms with E-state index in [1.807, 2.05) is 0 Å². The molecule has 0 unspecified atom stereocenters. The number of hydrogen-bond acceptors (Lipinski definition) is 4. The number of ketones is 1. The summed E-state index contributed by atoms with van der Waals surface area (Å²) in [5.74, 6) is -0.320. The van der Waals surface area contributed by atoms with Crippen LogP contribution in [0, 0.1) is 5.21 Å². The number of nitrogens with zero attached hydrogens (tertiary/aromatic N) is 3. The number of Topliss-reactive ketones (excluding diaryl/α,β-unsaturated/α-hetero) is 1. The molecule has 0 spiro atoms. The van der Waals surface area contributed by atoms with Gasteiger partial charge in [0.1, 0.15) is 0 Å². The first-order valence-electron chi connectivity index (χ1n) is 7.14. The molecule has 0 saturated heterocycles. The lowest BCUT2D eigenvalue weighted by atomic mass is 10.0. The molecule has 3 rings (SSSR count). The number of carbonyl (C=O) groups is 1. The normalized spacial score (nSPS) is 11.7. The highest BCUT2D eigenvalue weighted by Gasteiger charge is 2.35. The van der Waals surface area contributed by atoms with Gasteiger partial charge in [0.25, 0.3) is 0 Å². The Morgan fingerprint density at radius 3 is 2.56 bits per heavy atom. The van der Waals surface area contributed by atoms with E-state index < -0.39 is 17.7 Å². The van der Waals surface area contributed by atoms with Crippen LogP contribution in [-0.4, -0.2) is 22.5 Å². The van der Waals surface area contributed by atoms with Gasteiger partial charge in [-0.25, -0.2) is 0 Å². The minimum Gasteiger partial charge on any atom is -0.619 e. The van der Waals surface area contributed by atoms with E-state index in [2.05, 4.69) is 5.10 Å². The molecule has 9 heteroatoms. The molecule has 0 aliphatic heterocycles. The summed E-state index contributed by atoms with van der Waals surface area (Å²) >= 11 is 0. The Kier molecular flexibility index (Phi) is 4.07. The number of ether oxygens (including phenoxy) is 1. The topological polar surface area (TPSA) is 70.5 Å². The van der Waals surface area contributed by atoms with Gasteiger partial charge in [-0.15, -0.1) is 0 Å². The van der Waals surface area contributed by atoms with Crippen LogP contribution >= 0.6 is 0 Å². The van der Waals surface area contributed by atoms with Gasteiger partial charge in [-0.1, -0.05) is 0 Å². The van der Waals surface area contributed by atoms with Gasteiger partial charge in [-0.3, -0.25) is 4.79 Å². The van der Waals surface area contributed by atoms with Crippen LogP contribution in [0.3, 0.4) is 0 Å². The monoisotopic (exact) mass is 351 g/mol. The van der Waals surface area contributed by atoms with Crippen LogP contribution < -0.4 is 9.47 Å². The zero-order chi connectivity index (χ0) is 18.2. The Balaban J connectivity index is 2.04. The van der Waals surface area contributed by atoms with Crippen molar-refractivity contribution in [2.75, 3.05) is 7.11 Å². The van der Waals surface area contributed by atoms with Crippen LogP contribution in [0.1, 0.15) is 21.6 Å². The fraction of sp³-hybridized carbons (Fsp3) is 0.188. The second-order valence-corrected chi connectivity index (χ2v) is 5.28. The zero-order valence-corrected chi connectivity index (χ0v) is 12.9. The number of carbonyl (C=O) groups excluding carboxylic acids is 1. The number of pyridine rings is 2. The Hall–Kier alpha value is -3.10. The summed E-state index contributed by atoms with van der Waals surface area (Å²) in [5.41, 5.74) is -0.450. The van der Waals surface area contributed by atoms with Crippen molar-refractivity contribution in [3.63, 3.8) is 0 Å². The van der Waals surface area contributed by atoms with Crippen LogP contribution in [0.25, 0.3) is 5.52 Å². The number of alkyl halides is 3. The summed E-state index contributed by atoms with van der Waals surface area (Å²) in [4.78, 5) is 12.5. The van der Waals surface area contributed by atoms with Crippen LogP contribution in [0.15, 0.2) is 42.7 Å². The van der Waals surface area contributed by atoms with Crippen LogP contribution in [0.4, 0.5) is 13.2 Å². The molecule has 0 radical (unpaired) electrons. The molecule has 0 amide bonds. The number of fused-ring (bicyclic) bond motifs is 1. The average molecular weight is 351 g/mol. The quantitative estimate of drug-likeness (QED) is 0.411. The predicted octanol–water partition coefficient (Wildman–Crippen LogP) is 2.42. The summed E-state index contributed by atoms with van der Waals surface area (Å²) in [6, 6.07) is 6.54. The largest absolute Gasteiger partial charge is 0.619 e. The molecule has 0 aliphatic carbocycles. The van der Waals surface area contributed by atoms with Crippen molar-refractivity contribution < 1.29 is 27.4 Å². The molecule has 0 N–H and O–H groups in total. The molecular formula is C16H12F3N3O3. The predicted molar refractivity (Wildman–Crippen MR) is 80.2 cm³/mol. The summed E-state index contributed by atoms with van der Waals surface area (Å²) in [5, 5.41) is 14.5. The SMILES string of the molecule is COc1ccc(C(=O)Cc2cc[n+]([O-])cc2)c2cc(C(F)(F)F)nn12. The smallest absolute Gasteiger partial charge is 0.435 e. The zero-order valence-electron chi connectivity index (χ0n) is 12.9. The third-order valence-electron chi connectivity index (χ3n) is 3.62. The van der Waals surface area contributed by atoms with E-state index in [9.17, 15) is 23.2 Å². The van der Waals surface area contributed by atoms with Gasteiger partial charge in [0, 0.05) is 30.2 Å². The molecule has 3 aromatic rings. The maximum Gasteiger partial charge on any atom is 0.435 e. The summed E-state index contributed by atoms with van der Waals surface area (Å²) < 4.78 is 45.4. The van der Waals surface area contributed by atoms with Crippen molar-refractivity contribution in [2.45, 2.75) is 12.6 Å². The number of aromatic nitrogens is 3. The molecule has 6 nitrogen and oxygen atoms in total. The first-order chi connectivity index (χ1) is 11.8. The third kappa shape index (κ3) is 3.25. The van der Waals surface area contributed by atoms with Crippen molar-refractivity contribution in [1.29, 1.82) is 0 Å². The summed E-state index contributed by atoms with van der Waals surface area (Å²) in [6.07, 6.45) is -2.21. The Bertz CT molecular complexity index is 933. The van der Waals surface area contributed by atoms with Gasteiger partial charge in [-0.05, 0) is 17.7 Å². The molecule has 0 saturated carbocycles. The molecule has 25 heavy (non-hydrogen) atoms. The summed E-state index contributed by atoms with van der Waals surface area (Å²) in [7, 11) is 1.30. The van der Waals surface area contributed by atoms with Crippen LogP contribution in [0.5, 0.6) is 5.88 Å². The first kappa shape index (κ1) is 16.7. The van der Waals surface area contributed by atoms with Gasteiger partial charge in [0.2, 0.25) is 5.88 Å². The van der Waals surface area contributed by atoms with E-state index in [1.54, 1.807) is 0 Å². The highest BCUT2D eigenvalue weighted by molar-refractivity contribution is 6.03. The molecule has 0 atom stereocenters. The minimum atomic E-state index is -4.64. The Morgan fingerprint density at radius 1 is 1.28 bits per heavy atom. The lowest BCUT2D eigenvalue weighted by Crippen LogP contribution is -2.24. The molecule has 0 aliphatic rings. The van der Waals surface area contributed by atoms with Crippen molar-refractivity contribution in [1.82, 2.24) is 9.61 Å². The maximum atomic E-state index is 12.9. The van der Waals surface area contributed by atoms with E-state index in [0.29, 0.717) is 10.3 Å². The summed E-state index contributed by atoms with van der Waals surface area (Å²) in [6.45, 7) is 0.